The van der Waals surface area contributed by atoms with Crippen molar-refractivity contribution in [2.45, 2.75) is 49.4 Å². The van der Waals surface area contributed by atoms with Crippen molar-refractivity contribution >= 4 is 41.2 Å². The minimum atomic E-state index is -0.710. The number of unbranched alkanes of at least 4 members (excludes halogenated alkanes) is 4. The van der Waals surface area contributed by atoms with Crippen molar-refractivity contribution < 1.29 is 9.90 Å². The van der Waals surface area contributed by atoms with Gasteiger partial charge in [0, 0.05) is 9.68 Å². The SMILES string of the molecule is CCCCCCCC(I)C(CS)C(=O)O. The molecule has 2 nitrogen and oxygen atoms in total. The number of alkyl halides is 1. The molecule has 0 aliphatic heterocycles. The number of rotatable bonds is 9. The lowest BCUT2D eigenvalue weighted by Crippen LogP contribution is -2.25. The summed E-state index contributed by atoms with van der Waals surface area (Å²) in [4.78, 5) is 10.9. The van der Waals surface area contributed by atoms with Crippen LogP contribution in [0.1, 0.15) is 45.4 Å². The maximum absolute atomic E-state index is 10.9. The smallest absolute Gasteiger partial charge is 0.308 e. The fourth-order valence-corrected chi connectivity index (χ4v) is 3.31. The van der Waals surface area contributed by atoms with Crippen LogP contribution in [0.5, 0.6) is 0 Å². The van der Waals surface area contributed by atoms with Gasteiger partial charge in [-0.1, -0.05) is 61.6 Å². The van der Waals surface area contributed by atoms with Gasteiger partial charge in [-0.2, -0.15) is 12.6 Å². The lowest BCUT2D eigenvalue weighted by molar-refractivity contribution is -0.140. The largest absolute Gasteiger partial charge is 0.481 e. The predicted molar refractivity (Wildman–Crippen MR) is 76.2 cm³/mol. The minimum absolute atomic E-state index is 0.222. The first-order valence-electron chi connectivity index (χ1n) is 5.61. The van der Waals surface area contributed by atoms with Crippen LogP contribution < -0.4 is 0 Å². The maximum Gasteiger partial charge on any atom is 0.308 e. The molecule has 0 bridgehead atoms. The van der Waals surface area contributed by atoms with E-state index in [2.05, 4.69) is 42.1 Å². The summed E-state index contributed by atoms with van der Waals surface area (Å²) in [6.07, 6.45) is 7.20. The number of halogens is 1. The average molecular weight is 344 g/mol. The van der Waals surface area contributed by atoms with E-state index in [4.69, 9.17) is 5.11 Å². The van der Waals surface area contributed by atoms with Crippen molar-refractivity contribution in [3.8, 4) is 0 Å². The third-order valence-electron chi connectivity index (χ3n) is 2.53. The molecule has 0 rings (SSSR count). The average Bonchev–Trinajstić information content (AvgIpc) is 2.18. The highest BCUT2D eigenvalue weighted by Gasteiger charge is 2.23. The Morgan fingerprint density at radius 2 is 1.93 bits per heavy atom. The molecule has 2 atom stereocenters. The molecule has 0 heterocycles. The molecule has 15 heavy (non-hydrogen) atoms. The summed E-state index contributed by atoms with van der Waals surface area (Å²) in [7, 11) is 0. The molecule has 0 saturated heterocycles. The molecule has 0 aromatic heterocycles. The lowest BCUT2D eigenvalue weighted by atomic mass is 10.0. The first-order chi connectivity index (χ1) is 7.13. The molecule has 0 spiro atoms. The summed E-state index contributed by atoms with van der Waals surface area (Å²) >= 11 is 6.34. The molecule has 0 aliphatic rings. The van der Waals surface area contributed by atoms with E-state index >= 15 is 0 Å². The van der Waals surface area contributed by atoms with Gasteiger partial charge in [-0.3, -0.25) is 4.79 Å². The van der Waals surface area contributed by atoms with Crippen molar-refractivity contribution in [1.82, 2.24) is 0 Å². The molecule has 0 amide bonds. The van der Waals surface area contributed by atoms with Gasteiger partial charge in [0.15, 0.2) is 0 Å². The van der Waals surface area contributed by atoms with Gasteiger partial charge in [-0.15, -0.1) is 0 Å². The quantitative estimate of drug-likeness (QED) is 0.289. The number of aliphatic carboxylic acids is 1. The summed E-state index contributed by atoms with van der Waals surface area (Å²) in [6.45, 7) is 2.20. The van der Waals surface area contributed by atoms with Crippen molar-refractivity contribution in [2.24, 2.45) is 5.92 Å². The number of hydrogen-bond donors (Lipinski definition) is 2. The lowest BCUT2D eigenvalue weighted by Gasteiger charge is -2.16. The summed E-state index contributed by atoms with van der Waals surface area (Å²) < 4.78 is 0.222. The Bertz CT molecular complexity index is 176. The molecule has 1 N–H and O–H groups in total. The molecule has 0 aromatic carbocycles. The first kappa shape index (κ1) is 15.6. The van der Waals surface area contributed by atoms with E-state index in [1.807, 2.05) is 0 Å². The normalized spacial score (nSPS) is 14.9. The van der Waals surface area contributed by atoms with Gasteiger partial charge in [0.25, 0.3) is 0 Å². The van der Waals surface area contributed by atoms with Gasteiger partial charge in [0.2, 0.25) is 0 Å². The fraction of sp³-hybridized carbons (Fsp3) is 0.909. The van der Waals surface area contributed by atoms with E-state index in [1.165, 1.54) is 25.7 Å². The summed E-state index contributed by atoms with van der Waals surface area (Å²) in [6, 6.07) is 0. The van der Waals surface area contributed by atoms with Crippen molar-refractivity contribution in [3.05, 3.63) is 0 Å². The van der Waals surface area contributed by atoms with Gasteiger partial charge in [-0.25, -0.2) is 0 Å². The zero-order chi connectivity index (χ0) is 11.7. The molecular weight excluding hydrogens is 323 g/mol. The van der Waals surface area contributed by atoms with E-state index in [0.717, 1.165) is 12.8 Å². The van der Waals surface area contributed by atoms with Crippen LogP contribution in [0.25, 0.3) is 0 Å². The summed E-state index contributed by atoms with van der Waals surface area (Å²) in [5.74, 6) is -0.559. The van der Waals surface area contributed by atoms with Crippen LogP contribution >= 0.6 is 35.2 Å². The standard InChI is InChI=1S/C11H21IO2S/c1-2-3-4-5-6-7-10(12)9(8-15)11(13)14/h9-10,15H,2-8H2,1H3,(H,13,14). The second-order valence-electron chi connectivity index (χ2n) is 3.85. The number of carbonyl (C=O) groups is 1. The number of thiol groups is 1. The van der Waals surface area contributed by atoms with Crippen LogP contribution in [0.2, 0.25) is 0 Å². The second-order valence-corrected chi connectivity index (χ2v) is 5.81. The highest BCUT2D eigenvalue weighted by molar-refractivity contribution is 14.1. The topological polar surface area (TPSA) is 37.3 Å². The molecule has 90 valence electrons. The third-order valence-corrected chi connectivity index (χ3v) is 4.42. The first-order valence-corrected chi connectivity index (χ1v) is 7.49. The molecule has 0 fully saturated rings. The zero-order valence-electron chi connectivity index (χ0n) is 9.29. The predicted octanol–water partition coefficient (Wildman–Crippen LogP) is 3.78. The van der Waals surface area contributed by atoms with Crippen LogP contribution in [-0.4, -0.2) is 20.8 Å². The molecular formula is C11H21IO2S. The monoisotopic (exact) mass is 344 g/mol. The van der Waals surface area contributed by atoms with E-state index < -0.39 is 5.97 Å². The van der Waals surface area contributed by atoms with Crippen molar-refractivity contribution in [1.29, 1.82) is 0 Å². The Labute approximate surface area is 112 Å². The summed E-state index contributed by atoms with van der Waals surface area (Å²) in [5, 5.41) is 8.93. The Morgan fingerprint density at radius 1 is 1.33 bits per heavy atom. The highest BCUT2D eigenvalue weighted by Crippen LogP contribution is 2.22. The molecule has 4 heteroatoms. The van der Waals surface area contributed by atoms with Crippen molar-refractivity contribution in [2.75, 3.05) is 5.75 Å². The van der Waals surface area contributed by atoms with E-state index in [9.17, 15) is 4.79 Å². The Kier molecular flexibility index (Phi) is 10.1. The van der Waals surface area contributed by atoms with Gasteiger partial charge >= 0.3 is 5.97 Å². The Balaban J connectivity index is 3.62. The van der Waals surface area contributed by atoms with Crippen LogP contribution in [0.3, 0.4) is 0 Å². The van der Waals surface area contributed by atoms with Gasteiger partial charge < -0.3 is 5.11 Å². The maximum atomic E-state index is 10.9. The fourth-order valence-electron chi connectivity index (χ4n) is 1.49. The van der Waals surface area contributed by atoms with Crippen molar-refractivity contribution in [3.63, 3.8) is 0 Å². The van der Waals surface area contributed by atoms with Gasteiger partial charge in [0.1, 0.15) is 0 Å². The number of carboxylic acid groups (broad SMARTS) is 1. The van der Waals surface area contributed by atoms with Crippen LogP contribution in [0.4, 0.5) is 0 Å². The highest BCUT2D eigenvalue weighted by atomic mass is 127. The third kappa shape index (κ3) is 7.44. The van der Waals surface area contributed by atoms with E-state index in [-0.39, 0.29) is 9.84 Å². The van der Waals surface area contributed by atoms with E-state index in [0.29, 0.717) is 5.75 Å². The van der Waals surface area contributed by atoms with Crippen LogP contribution in [-0.2, 0) is 4.79 Å². The van der Waals surface area contributed by atoms with E-state index in [1.54, 1.807) is 0 Å². The molecule has 0 radical (unpaired) electrons. The van der Waals surface area contributed by atoms with Gasteiger partial charge in [0.05, 0.1) is 5.92 Å². The molecule has 0 aromatic rings. The Hall–Kier alpha value is 0.550. The Morgan fingerprint density at radius 3 is 2.40 bits per heavy atom. The minimum Gasteiger partial charge on any atom is -0.481 e. The molecule has 0 aliphatic carbocycles. The molecule has 2 unspecified atom stereocenters. The molecule has 0 saturated carbocycles. The van der Waals surface area contributed by atoms with Gasteiger partial charge in [-0.05, 0) is 6.42 Å². The number of hydrogen-bond acceptors (Lipinski definition) is 2. The number of carboxylic acids is 1. The second kappa shape index (κ2) is 9.75. The summed E-state index contributed by atoms with van der Waals surface area (Å²) in [5.41, 5.74) is 0. The van der Waals surface area contributed by atoms with Crippen LogP contribution in [0, 0.1) is 5.92 Å². The zero-order valence-corrected chi connectivity index (χ0v) is 12.3. The van der Waals surface area contributed by atoms with Crippen LogP contribution in [0.15, 0.2) is 0 Å².